The maximum absolute atomic E-state index is 9.03. The lowest BCUT2D eigenvalue weighted by Gasteiger charge is -2.41. The first-order valence-electron chi connectivity index (χ1n) is 6.57. The van der Waals surface area contributed by atoms with Crippen molar-refractivity contribution < 1.29 is 9.84 Å². The topological polar surface area (TPSA) is 32.7 Å². The minimum Gasteiger partial charge on any atom is -0.392 e. The second kappa shape index (κ2) is 5.39. The fourth-order valence-electron chi connectivity index (χ4n) is 2.71. The van der Waals surface area contributed by atoms with E-state index >= 15 is 0 Å². The van der Waals surface area contributed by atoms with Gasteiger partial charge in [-0.1, -0.05) is 24.3 Å². The smallest absolute Gasteiger partial charge is 0.0757 e. The van der Waals surface area contributed by atoms with Gasteiger partial charge < -0.3 is 9.84 Å². The summed E-state index contributed by atoms with van der Waals surface area (Å²) in [7, 11) is 0. The molecule has 1 heterocycles. The van der Waals surface area contributed by atoms with Crippen LogP contribution in [0.3, 0.4) is 0 Å². The third-order valence-electron chi connectivity index (χ3n) is 3.25. The number of aliphatic hydroxyl groups excluding tert-OH is 1. The second-order valence-electron chi connectivity index (χ2n) is 5.83. The number of aliphatic hydroxyl groups is 1. The van der Waals surface area contributed by atoms with Crippen LogP contribution in [0.1, 0.15) is 31.9 Å². The van der Waals surface area contributed by atoms with Crippen molar-refractivity contribution in [2.24, 2.45) is 0 Å². The summed E-state index contributed by atoms with van der Waals surface area (Å²) in [6.45, 7) is 9.41. The van der Waals surface area contributed by atoms with Crippen LogP contribution in [0.25, 0.3) is 0 Å². The number of ether oxygens (including phenoxy) is 1. The van der Waals surface area contributed by atoms with Gasteiger partial charge in [-0.15, -0.1) is 0 Å². The summed E-state index contributed by atoms with van der Waals surface area (Å²) in [5.74, 6) is 0. The molecule has 3 nitrogen and oxygen atoms in total. The minimum atomic E-state index is -0.0668. The lowest BCUT2D eigenvalue weighted by atomic mass is 10.0. The molecule has 3 heteroatoms. The maximum Gasteiger partial charge on any atom is 0.0757 e. The summed E-state index contributed by atoms with van der Waals surface area (Å²) in [5.41, 5.74) is 2.19. The van der Waals surface area contributed by atoms with E-state index in [1.807, 2.05) is 12.1 Å². The molecular formula is C15H23NO2. The second-order valence-corrected chi connectivity index (χ2v) is 5.83. The van der Waals surface area contributed by atoms with E-state index in [1.54, 1.807) is 0 Å². The zero-order valence-corrected chi connectivity index (χ0v) is 11.5. The van der Waals surface area contributed by atoms with Crippen LogP contribution in [-0.4, -0.2) is 34.8 Å². The van der Waals surface area contributed by atoms with Crippen LogP contribution in [0.2, 0.25) is 0 Å². The number of morpholine rings is 1. The average molecular weight is 249 g/mol. The van der Waals surface area contributed by atoms with Gasteiger partial charge in [0.2, 0.25) is 0 Å². The molecule has 1 aliphatic heterocycles. The molecule has 0 radical (unpaired) electrons. The molecule has 1 aromatic carbocycles. The number of rotatable bonds is 3. The lowest BCUT2D eigenvalue weighted by molar-refractivity contribution is -0.130. The molecule has 1 atom stereocenters. The number of hydrogen-bond donors (Lipinski definition) is 1. The Hall–Kier alpha value is -0.900. The Kier molecular flexibility index (Phi) is 4.05. The molecule has 1 saturated heterocycles. The zero-order valence-electron chi connectivity index (χ0n) is 11.5. The summed E-state index contributed by atoms with van der Waals surface area (Å²) in [5, 5.41) is 9.03. The molecule has 0 aliphatic carbocycles. The van der Waals surface area contributed by atoms with Crippen molar-refractivity contribution in [1.82, 2.24) is 4.90 Å². The van der Waals surface area contributed by atoms with Gasteiger partial charge in [-0.2, -0.15) is 0 Å². The summed E-state index contributed by atoms with van der Waals surface area (Å²) < 4.78 is 5.90. The molecule has 100 valence electrons. The van der Waals surface area contributed by atoms with Gasteiger partial charge in [-0.05, 0) is 31.9 Å². The van der Waals surface area contributed by atoms with E-state index < -0.39 is 0 Å². The molecule has 0 saturated carbocycles. The van der Waals surface area contributed by atoms with Crippen molar-refractivity contribution in [3.05, 3.63) is 35.4 Å². The summed E-state index contributed by atoms with van der Waals surface area (Å²) in [4.78, 5) is 2.43. The van der Waals surface area contributed by atoms with Gasteiger partial charge in [-0.3, -0.25) is 4.90 Å². The molecule has 18 heavy (non-hydrogen) atoms. The van der Waals surface area contributed by atoms with Crippen LogP contribution in [0.4, 0.5) is 0 Å². The standard InChI is InChI=1S/C15H23NO2/c1-12-8-16(11-15(2,3)18-12)9-13-4-6-14(10-17)7-5-13/h4-7,12,17H,8-11H2,1-3H3. The Morgan fingerprint density at radius 1 is 1.28 bits per heavy atom. The van der Waals surface area contributed by atoms with E-state index in [1.165, 1.54) is 5.56 Å². The van der Waals surface area contributed by atoms with E-state index in [2.05, 4.69) is 37.8 Å². The minimum absolute atomic E-state index is 0.0668. The highest BCUT2D eigenvalue weighted by Crippen LogP contribution is 2.22. The van der Waals surface area contributed by atoms with Gasteiger partial charge in [0.05, 0.1) is 18.3 Å². The molecule has 0 bridgehead atoms. The van der Waals surface area contributed by atoms with Gasteiger partial charge in [0.1, 0.15) is 0 Å². The molecule has 0 aromatic heterocycles. The van der Waals surface area contributed by atoms with E-state index in [0.717, 1.165) is 25.2 Å². The Balaban J connectivity index is 1.99. The molecule has 0 amide bonds. The highest BCUT2D eigenvalue weighted by atomic mass is 16.5. The molecule has 1 N–H and O–H groups in total. The van der Waals surface area contributed by atoms with E-state index in [-0.39, 0.29) is 18.3 Å². The third kappa shape index (κ3) is 3.55. The molecule has 1 fully saturated rings. The van der Waals surface area contributed by atoms with Crippen molar-refractivity contribution in [2.75, 3.05) is 13.1 Å². The van der Waals surface area contributed by atoms with Crippen LogP contribution in [-0.2, 0) is 17.9 Å². The fraction of sp³-hybridized carbons (Fsp3) is 0.600. The maximum atomic E-state index is 9.03. The SMILES string of the molecule is CC1CN(Cc2ccc(CO)cc2)CC(C)(C)O1. The van der Waals surface area contributed by atoms with Crippen LogP contribution in [0, 0.1) is 0 Å². The van der Waals surface area contributed by atoms with E-state index in [4.69, 9.17) is 9.84 Å². The van der Waals surface area contributed by atoms with E-state index in [0.29, 0.717) is 0 Å². The van der Waals surface area contributed by atoms with Crippen LogP contribution >= 0.6 is 0 Å². The van der Waals surface area contributed by atoms with Crippen LogP contribution in [0.5, 0.6) is 0 Å². The Labute approximate surface area is 109 Å². The van der Waals surface area contributed by atoms with Crippen molar-refractivity contribution >= 4 is 0 Å². The highest BCUT2D eigenvalue weighted by Gasteiger charge is 2.30. The van der Waals surface area contributed by atoms with Crippen molar-refractivity contribution in [1.29, 1.82) is 0 Å². The Bertz CT molecular complexity index is 386. The van der Waals surface area contributed by atoms with Gasteiger partial charge in [-0.25, -0.2) is 0 Å². The molecule has 2 rings (SSSR count). The van der Waals surface area contributed by atoms with Gasteiger partial charge in [0, 0.05) is 19.6 Å². The first kappa shape index (κ1) is 13.5. The van der Waals surface area contributed by atoms with Crippen LogP contribution in [0.15, 0.2) is 24.3 Å². The first-order chi connectivity index (χ1) is 8.48. The largest absolute Gasteiger partial charge is 0.392 e. The molecule has 1 aromatic rings. The quantitative estimate of drug-likeness (QED) is 0.891. The first-order valence-corrected chi connectivity index (χ1v) is 6.57. The van der Waals surface area contributed by atoms with Crippen molar-refractivity contribution in [2.45, 2.75) is 45.6 Å². The normalized spacial score (nSPS) is 24.1. The van der Waals surface area contributed by atoms with Crippen LogP contribution < -0.4 is 0 Å². The highest BCUT2D eigenvalue weighted by molar-refractivity contribution is 5.22. The van der Waals surface area contributed by atoms with E-state index in [9.17, 15) is 0 Å². The molecule has 1 aliphatic rings. The molecule has 0 spiro atoms. The van der Waals surface area contributed by atoms with Gasteiger partial charge in [0.25, 0.3) is 0 Å². The Morgan fingerprint density at radius 2 is 1.89 bits per heavy atom. The fourth-order valence-corrected chi connectivity index (χ4v) is 2.71. The zero-order chi connectivity index (χ0) is 13.2. The molecule has 1 unspecified atom stereocenters. The van der Waals surface area contributed by atoms with Gasteiger partial charge in [0.15, 0.2) is 0 Å². The lowest BCUT2D eigenvalue weighted by Crippen LogP contribution is -2.51. The summed E-state index contributed by atoms with van der Waals surface area (Å²) in [6.07, 6.45) is 0.283. The summed E-state index contributed by atoms with van der Waals surface area (Å²) >= 11 is 0. The third-order valence-corrected chi connectivity index (χ3v) is 3.25. The average Bonchev–Trinajstić information content (AvgIpc) is 2.27. The number of benzene rings is 1. The number of nitrogens with zero attached hydrogens (tertiary/aromatic N) is 1. The van der Waals surface area contributed by atoms with Gasteiger partial charge >= 0.3 is 0 Å². The van der Waals surface area contributed by atoms with Crippen molar-refractivity contribution in [3.8, 4) is 0 Å². The monoisotopic (exact) mass is 249 g/mol. The predicted octanol–water partition coefficient (Wildman–Crippen LogP) is 2.18. The Morgan fingerprint density at radius 3 is 2.44 bits per heavy atom. The number of hydrogen-bond acceptors (Lipinski definition) is 3. The predicted molar refractivity (Wildman–Crippen MR) is 72.3 cm³/mol. The molecular weight excluding hydrogens is 226 g/mol. The summed E-state index contributed by atoms with van der Waals surface area (Å²) in [6, 6.07) is 8.17. The van der Waals surface area contributed by atoms with Crippen molar-refractivity contribution in [3.63, 3.8) is 0 Å².